The molecule has 0 amide bonds. The number of ether oxygens (including phenoxy) is 1. The first kappa shape index (κ1) is 13.8. The van der Waals surface area contributed by atoms with Crippen LogP contribution in [0, 0.1) is 0 Å². The summed E-state index contributed by atoms with van der Waals surface area (Å²) in [5.74, 6) is -0.429. The van der Waals surface area contributed by atoms with Crippen molar-refractivity contribution in [1.29, 1.82) is 0 Å². The Morgan fingerprint density at radius 1 is 1.14 bits per heavy atom. The second-order valence-electron chi connectivity index (χ2n) is 4.55. The summed E-state index contributed by atoms with van der Waals surface area (Å²) < 4.78 is 34.9. The van der Waals surface area contributed by atoms with Gasteiger partial charge < -0.3 is 9.15 Å². The summed E-state index contributed by atoms with van der Waals surface area (Å²) in [5, 5.41) is 0.679. The summed E-state index contributed by atoms with van der Waals surface area (Å²) in [6.45, 7) is 0.188. The Morgan fingerprint density at radius 3 is 2.76 bits per heavy atom. The zero-order valence-corrected chi connectivity index (χ0v) is 11.9. The third kappa shape index (κ3) is 3.12. The van der Waals surface area contributed by atoms with Crippen molar-refractivity contribution in [2.75, 3.05) is 5.94 Å². The molecule has 2 aromatic heterocycles. The number of para-hydroxylation sites is 1. The third-order valence-corrected chi connectivity index (χ3v) is 4.23. The second-order valence-corrected chi connectivity index (χ2v) is 6.41. The van der Waals surface area contributed by atoms with Crippen LogP contribution in [0.15, 0.2) is 64.4 Å². The first-order chi connectivity index (χ1) is 10.1. The SMILES string of the molecule is O=S(=O)(COCc1cccnc1)c1cc2ccccc2o1. The molecule has 21 heavy (non-hydrogen) atoms. The van der Waals surface area contributed by atoms with Crippen LogP contribution in [-0.2, 0) is 21.2 Å². The maximum absolute atomic E-state index is 12.2. The molecule has 0 unspecified atom stereocenters. The van der Waals surface area contributed by atoms with Gasteiger partial charge in [-0.05, 0) is 17.7 Å². The molecule has 0 aliphatic heterocycles. The lowest BCUT2D eigenvalue weighted by Crippen LogP contribution is -2.09. The topological polar surface area (TPSA) is 69.4 Å². The summed E-state index contributed by atoms with van der Waals surface area (Å²) in [6.07, 6.45) is 3.28. The highest BCUT2D eigenvalue weighted by Gasteiger charge is 2.19. The van der Waals surface area contributed by atoms with E-state index in [4.69, 9.17) is 9.15 Å². The van der Waals surface area contributed by atoms with Gasteiger partial charge in [-0.15, -0.1) is 0 Å². The van der Waals surface area contributed by atoms with Gasteiger partial charge >= 0.3 is 0 Å². The normalized spacial score (nSPS) is 11.8. The predicted octanol–water partition coefficient (Wildman–Crippen LogP) is 2.78. The molecule has 3 aromatic rings. The van der Waals surface area contributed by atoms with Crippen LogP contribution in [0.1, 0.15) is 5.56 Å². The van der Waals surface area contributed by atoms with Crippen LogP contribution < -0.4 is 0 Å². The van der Waals surface area contributed by atoms with E-state index in [1.54, 1.807) is 36.7 Å². The highest BCUT2D eigenvalue weighted by atomic mass is 32.2. The standard InChI is InChI=1S/C15H13NO4S/c17-21(18,11-19-10-12-4-3-7-16-9-12)15-8-13-5-1-2-6-14(13)20-15/h1-9H,10-11H2. The number of hydrogen-bond acceptors (Lipinski definition) is 5. The van der Waals surface area contributed by atoms with Crippen LogP contribution in [-0.4, -0.2) is 19.3 Å². The maximum Gasteiger partial charge on any atom is 0.235 e. The molecular formula is C15H13NO4S. The van der Waals surface area contributed by atoms with Crippen molar-refractivity contribution >= 4 is 20.8 Å². The van der Waals surface area contributed by atoms with E-state index < -0.39 is 15.8 Å². The largest absolute Gasteiger partial charge is 0.445 e. The average molecular weight is 303 g/mol. The summed E-state index contributed by atoms with van der Waals surface area (Å²) in [5.41, 5.74) is 1.36. The Bertz CT molecular complexity index is 807. The lowest BCUT2D eigenvalue weighted by Gasteiger charge is -2.03. The second kappa shape index (κ2) is 5.67. The molecule has 0 aliphatic rings. The van der Waals surface area contributed by atoms with Crippen LogP contribution in [0.4, 0.5) is 0 Å². The van der Waals surface area contributed by atoms with Crippen LogP contribution in [0.2, 0.25) is 0 Å². The molecule has 0 saturated carbocycles. The third-order valence-electron chi connectivity index (χ3n) is 2.94. The van der Waals surface area contributed by atoms with Gasteiger partial charge in [-0.2, -0.15) is 0 Å². The van der Waals surface area contributed by atoms with Crippen LogP contribution >= 0.6 is 0 Å². The van der Waals surface area contributed by atoms with Gasteiger partial charge in [0.15, 0.2) is 5.94 Å². The van der Waals surface area contributed by atoms with E-state index in [0.29, 0.717) is 5.58 Å². The highest BCUT2D eigenvalue weighted by Crippen LogP contribution is 2.23. The molecule has 0 saturated heterocycles. The van der Waals surface area contributed by atoms with Crippen molar-refractivity contribution in [3.05, 3.63) is 60.4 Å². The van der Waals surface area contributed by atoms with Gasteiger partial charge in [0.05, 0.1) is 6.61 Å². The van der Waals surface area contributed by atoms with E-state index >= 15 is 0 Å². The maximum atomic E-state index is 12.2. The van der Waals surface area contributed by atoms with Gasteiger partial charge in [-0.1, -0.05) is 24.3 Å². The van der Waals surface area contributed by atoms with Crippen molar-refractivity contribution in [3.8, 4) is 0 Å². The lowest BCUT2D eigenvalue weighted by molar-refractivity contribution is 0.161. The number of furan rings is 1. The molecule has 0 atom stereocenters. The van der Waals surface area contributed by atoms with Gasteiger partial charge in [0.2, 0.25) is 14.9 Å². The average Bonchev–Trinajstić information content (AvgIpc) is 2.93. The zero-order chi connectivity index (χ0) is 14.7. The van der Waals surface area contributed by atoms with Gasteiger partial charge in [-0.3, -0.25) is 4.98 Å². The minimum absolute atomic E-state index is 0.0742. The fourth-order valence-corrected chi connectivity index (χ4v) is 2.86. The van der Waals surface area contributed by atoms with Crippen molar-refractivity contribution in [3.63, 3.8) is 0 Å². The van der Waals surface area contributed by atoms with E-state index in [-0.39, 0.29) is 11.7 Å². The van der Waals surface area contributed by atoms with Crippen LogP contribution in [0.25, 0.3) is 11.0 Å². The Labute approximate surface area is 122 Å². The lowest BCUT2D eigenvalue weighted by atomic mass is 10.3. The molecule has 3 rings (SSSR count). The van der Waals surface area contributed by atoms with Gasteiger partial charge in [-0.25, -0.2) is 8.42 Å². The summed E-state index contributed by atoms with van der Waals surface area (Å²) in [6, 6.07) is 12.2. The molecule has 0 aliphatic carbocycles. The van der Waals surface area contributed by atoms with Crippen LogP contribution in [0.3, 0.4) is 0 Å². The molecule has 2 heterocycles. The summed E-state index contributed by atoms with van der Waals surface area (Å²) in [4.78, 5) is 3.94. The van der Waals surface area contributed by atoms with Crippen LogP contribution in [0.5, 0.6) is 0 Å². The minimum Gasteiger partial charge on any atom is -0.445 e. The Morgan fingerprint density at radius 2 is 2.00 bits per heavy atom. The van der Waals surface area contributed by atoms with E-state index in [9.17, 15) is 8.42 Å². The highest BCUT2D eigenvalue weighted by molar-refractivity contribution is 7.91. The van der Waals surface area contributed by atoms with E-state index in [1.807, 2.05) is 12.1 Å². The fraction of sp³-hybridized carbons (Fsp3) is 0.133. The molecule has 0 radical (unpaired) electrons. The molecule has 5 nitrogen and oxygen atoms in total. The van der Waals surface area contributed by atoms with Crippen molar-refractivity contribution in [2.45, 2.75) is 11.7 Å². The molecular weight excluding hydrogens is 290 g/mol. The number of hydrogen-bond donors (Lipinski definition) is 0. The van der Waals surface area contributed by atoms with E-state index in [0.717, 1.165) is 10.9 Å². The van der Waals surface area contributed by atoms with Crippen molar-refractivity contribution in [1.82, 2.24) is 4.98 Å². The fourth-order valence-electron chi connectivity index (χ4n) is 1.92. The first-order valence-corrected chi connectivity index (χ1v) is 7.98. The Hall–Kier alpha value is -2.18. The van der Waals surface area contributed by atoms with Crippen molar-refractivity contribution < 1.29 is 17.6 Å². The molecule has 0 spiro atoms. The molecule has 6 heteroatoms. The van der Waals surface area contributed by atoms with E-state index in [2.05, 4.69) is 4.98 Å². The minimum atomic E-state index is -3.60. The zero-order valence-electron chi connectivity index (χ0n) is 11.1. The van der Waals surface area contributed by atoms with E-state index in [1.165, 1.54) is 6.07 Å². The van der Waals surface area contributed by atoms with Gasteiger partial charge in [0.1, 0.15) is 5.58 Å². The summed E-state index contributed by atoms with van der Waals surface area (Å²) >= 11 is 0. The number of aromatic nitrogens is 1. The molecule has 0 bridgehead atoms. The number of pyridine rings is 1. The molecule has 108 valence electrons. The Balaban J connectivity index is 1.71. The number of nitrogens with zero attached hydrogens (tertiary/aromatic N) is 1. The number of fused-ring (bicyclic) bond motifs is 1. The van der Waals surface area contributed by atoms with Gasteiger partial charge in [0.25, 0.3) is 0 Å². The molecule has 1 aromatic carbocycles. The Kier molecular flexibility index (Phi) is 3.72. The van der Waals surface area contributed by atoms with Crippen molar-refractivity contribution in [2.24, 2.45) is 0 Å². The van der Waals surface area contributed by atoms with Gasteiger partial charge in [0, 0.05) is 23.8 Å². The molecule has 0 N–H and O–H groups in total. The summed E-state index contributed by atoms with van der Waals surface area (Å²) in [7, 11) is -3.60. The quantitative estimate of drug-likeness (QED) is 0.725. The first-order valence-electron chi connectivity index (χ1n) is 6.33. The predicted molar refractivity (Wildman–Crippen MR) is 77.3 cm³/mol. The number of sulfone groups is 1. The number of benzene rings is 1. The monoisotopic (exact) mass is 303 g/mol. The molecule has 0 fully saturated rings. The number of rotatable bonds is 5. The smallest absolute Gasteiger partial charge is 0.235 e.